The molecule has 5 aliphatic rings. The van der Waals surface area contributed by atoms with Crippen LogP contribution < -0.4 is 21.3 Å². The number of benzene rings is 2. The summed E-state index contributed by atoms with van der Waals surface area (Å²) >= 11 is 0. The van der Waals surface area contributed by atoms with Crippen LogP contribution in [0.1, 0.15) is 75.9 Å². The molecule has 4 amide bonds. The van der Waals surface area contributed by atoms with Crippen molar-refractivity contribution >= 4 is 30.7 Å². The molecule has 2 aromatic rings. The molecule has 3 saturated carbocycles. The van der Waals surface area contributed by atoms with Crippen LogP contribution in [0.4, 0.5) is 13.2 Å². The molecule has 0 aromatic heterocycles. The Labute approximate surface area is 306 Å². The Balaban J connectivity index is 1.06. The number of hydrogen-bond donors (Lipinski definition) is 4. The van der Waals surface area contributed by atoms with Gasteiger partial charge in [-0.3, -0.25) is 19.2 Å². The highest BCUT2D eigenvalue weighted by atomic mass is 19.4. The van der Waals surface area contributed by atoms with Gasteiger partial charge in [0.1, 0.15) is 18.1 Å². The van der Waals surface area contributed by atoms with Crippen molar-refractivity contribution in [2.24, 2.45) is 33.4 Å². The molecule has 2 aliphatic heterocycles. The molecule has 4 N–H and O–H groups in total. The quantitative estimate of drug-likeness (QED) is 0.225. The summed E-state index contributed by atoms with van der Waals surface area (Å²) in [6.45, 7) is 11.6. The highest BCUT2D eigenvalue weighted by Crippen LogP contribution is 2.65. The van der Waals surface area contributed by atoms with Crippen LogP contribution in [-0.4, -0.2) is 73.2 Å². The molecule has 2 bridgehead atoms. The number of alkyl halides is 3. The first-order chi connectivity index (χ1) is 24.9. The zero-order chi connectivity index (χ0) is 38.5. The molecule has 284 valence electrons. The highest BCUT2D eigenvalue weighted by molar-refractivity contribution is 6.46. The zero-order valence-corrected chi connectivity index (χ0v) is 30.6. The maximum Gasteiger partial charge on any atom is 0.478 e. The average molecular weight is 739 g/mol. The molecule has 0 radical (unpaired) electrons. The second kappa shape index (κ2) is 14.2. The van der Waals surface area contributed by atoms with E-state index in [0.29, 0.717) is 11.8 Å². The van der Waals surface area contributed by atoms with Crippen molar-refractivity contribution in [3.63, 3.8) is 0 Å². The molecule has 2 aromatic carbocycles. The SMILES string of the molecule is CC(C)[C@H](NC(=O)c1ccc(C2(C(F)(F)F)N=N2)cc1)C(=O)NC(Cc1ccccc1)C(=O)N[C@@H](C)C(=O)NCB1O[C@@H]2CC3CC(C3(C)C)[C@]2(C)O1. The highest BCUT2D eigenvalue weighted by Gasteiger charge is 2.68. The van der Waals surface area contributed by atoms with Gasteiger partial charge in [0.05, 0.1) is 18.1 Å². The number of nitrogens with one attached hydrogen (secondary N) is 4. The van der Waals surface area contributed by atoms with Crippen molar-refractivity contribution < 1.29 is 41.7 Å². The lowest BCUT2D eigenvalue weighted by molar-refractivity contribution is -0.199. The van der Waals surface area contributed by atoms with Crippen LogP contribution in [0.5, 0.6) is 0 Å². The van der Waals surface area contributed by atoms with Gasteiger partial charge in [-0.2, -0.15) is 13.2 Å². The van der Waals surface area contributed by atoms with Crippen molar-refractivity contribution in [2.45, 2.75) is 102 Å². The van der Waals surface area contributed by atoms with Gasteiger partial charge in [0.15, 0.2) is 0 Å². The molecule has 2 heterocycles. The van der Waals surface area contributed by atoms with Crippen molar-refractivity contribution in [2.75, 3.05) is 6.44 Å². The summed E-state index contributed by atoms with van der Waals surface area (Å²) < 4.78 is 52.8. The van der Waals surface area contributed by atoms with Gasteiger partial charge >= 0.3 is 19.0 Å². The van der Waals surface area contributed by atoms with E-state index < -0.39 is 72.2 Å². The van der Waals surface area contributed by atoms with Gasteiger partial charge in [-0.05, 0) is 67.6 Å². The second-order valence-electron chi connectivity index (χ2n) is 15.8. The average Bonchev–Trinajstić information content (AvgIpc) is 3.86. The number of halogens is 3. The summed E-state index contributed by atoms with van der Waals surface area (Å²) in [7, 11) is -0.612. The molecule has 4 fully saturated rings. The van der Waals surface area contributed by atoms with Crippen LogP contribution in [0.25, 0.3) is 0 Å². The molecule has 0 spiro atoms. The Hall–Kier alpha value is -4.31. The summed E-state index contributed by atoms with van der Waals surface area (Å²) in [4.78, 5) is 53.6. The molecule has 7 rings (SSSR count). The van der Waals surface area contributed by atoms with Crippen molar-refractivity contribution in [3.05, 3.63) is 71.3 Å². The van der Waals surface area contributed by atoms with E-state index in [1.54, 1.807) is 38.1 Å². The molecular formula is C37H46BF3N6O6. The zero-order valence-electron chi connectivity index (χ0n) is 30.6. The molecule has 53 heavy (non-hydrogen) atoms. The number of rotatable bonds is 13. The fourth-order valence-corrected chi connectivity index (χ4v) is 8.13. The first-order valence-corrected chi connectivity index (χ1v) is 18.0. The van der Waals surface area contributed by atoms with Crippen LogP contribution in [0, 0.1) is 23.2 Å². The monoisotopic (exact) mass is 738 g/mol. The van der Waals surface area contributed by atoms with Gasteiger partial charge in [-0.15, -0.1) is 10.2 Å². The Morgan fingerprint density at radius 3 is 2.13 bits per heavy atom. The van der Waals surface area contributed by atoms with Crippen molar-refractivity contribution in [1.29, 1.82) is 0 Å². The lowest BCUT2D eigenvalue weighted by Crippen LogP contribution is -2.65. The number of carbonyl (C=O) groups is 4. The maximum atomic E-state index is 13.7. The van der Waals surface area contributed by atoms with E-state index in [-0.39, 0.29) is 35.5 Å². The third-order valence-electron chi connectivity index (χ3n) is 11.6. The van der Waals surface area contributed by atoms with Crippen LogP contribution in [-0.2, 0) is 35.8 Å². The molecule has 3 unspecified atom stereocenters. The fraction of sp³-hybridized carbons (Fsp3) is 0.568. The van der Waals surface area contributed by atoms with Crippen LogP contribution in [0.2, 0.25) is 0 Å². The van der Waals surface area contributed by atoms with E-state index in [1.165, 1.54) is 19.1 Å². The predicted octanol–water partition coefficient (Wildman–Crippen LogP) is 4.24. The molecule has 3 aliphatic carbocycles. The maximum absolute atomic E-state index is 13.7. The predicted molar refractivity (Wildman–Crippen MR) is 188 cm³/mol. The largest absolute Gasteiger partial charge is 0.478 e. The molecule has 12 nitrogen and oxygen atoms in total. The summed E-state index contributed by atoms with van der Waals surface area (Å²) in [5.41, 5.74) is -2.33. The van der Waals surface area contributed by atoms with Gasteiger partial charge in [0.25, 0.3) is 5.91 Å². The lowest BCUT2D eigenvalue weighted by atomic mass is 9.43. The van der Waals surface area contributed by atoms with Crippen molar-refractivity contribution in [1.82, 2.24) is 21.3 Å². The van der Waals surface area contributed by atoms with E-state index in [0.717, 1.165) is 30.5 Å². The summed E-state index contributed by atoms with van der Waals surface area (Å²) in [6.07, 6.45) is -2.53. The second-order valence-corrected chi connectivity index (χ2v) is 15.8. The first-order valence-electron chi connectivity index (χ1n) is 18.0. The summed E-state index contributed by atoms with van der Waals surface area (Å²) in [6, 6.07) is 10.4. The number of amides is 4. The van der Waals surface area contributed by atoms with Crippen LogP contribution in [0.3, 0.4) is 0 Å². The smallest absolute Gasteiger partial charge is 0.404 e. The van der Waals surface area contributed by atoms with E-state index in [9.17, 15) is 32.3 Å². The van der Waals surface area contributed by atoms with Crippen LogP contribution >= 0.6 is 0 Å². The number of nitrogens with zero attached hydrogens (tertiary/aromatic N) is 2. The van der Waals surface area contributed by atoms with Gasteiger partial charge in [0.2, 0.25) is 17.7 Å². The fourth-order valence-electron chi connectivity index (χ4n) is 8.13. The van der Waals surface area contributed by atoms with E-state index in [2.05, 4.69) is 52.3 Å². The Morgan fingerprint density at radius 2 is 1.55 bits per heavy atom. The Kier molecular flexibility index (Phi) is 10.3. The molecule has 16 heteroatoms. The topological polar surface area (TPSA) is 160 Å². The Bertz CT molecular complexity index is 1750. The van der Waals surface area contributed by atoms with E-state index in [1.807, 2.05) is 6.07 Å². The van der Waals surface area contributed by atoms with Crippen molar-refractivity contribution in [3.8, 4) is 0 Å². The molecule has 1 saturated heterocycles. The van der Waals surface area contributed by atoms with Gasteiger partial charge < -0.3 is 30.6 Å². The third kappa shape index (κ3) is 7.44. The molecule has 7 atom stereocenters. The minimum atomic E-state index is -4.71. The Morgan fingerprint density at radius 1 is 0.887 bits per heavy atom. The van der Waals surface area contributed by atoms with Gasteiger partial charge in [-0.1, -0.05) is 70.2 Å². The standard InChI is InChI=1S/C37H46BF3N6O6/c1-20(2)29(45-31(49)23-12-14-24(15-13-23)36(46-47-36)37(39,40)41)33(51)44-26(16-22-10-8-7-9-11-22)32(50)43-21(3)30(48)42-19-38-52-28-18-25-17-27(34(25,4)5)35(28,6)53-38/h7-15,20-21,25-29H,16-19H2,1-6H3,(H,42,48)(H,43,50)(H,44,51)(H,45,49)/t21-,25?,26?,27?,28+,29-,35-/m0/s1. The third-order valence-corrected chi connectivity index (χ3v) is 11.6. The van der Waals surface area contributed by atoms with E-state index >= 15 is 0 Å². The number of hydrogen-bond acceptors (Lipinski definition) is 8. The van der Waals surface area contributed by atoms with Gasteiger partial charge in [0, 0.05) is 17.5 Å². The first kappa shape index (κ1) is 38.4. The minimum absolute atomic E-state index is 0.0189. The summed E-state index contributed by atoms with van der Waals surface area (Å²) in [5, 5.41) is 17.2. The van der Waals surface area contributed by atoms with Gasteiger partial charge in [-0.25, -0.2) is 0 Å². The normalized spacial score (nSPS) is 26.4. The molecular weight excluding hydrogens is 692 g/mol. The lowest BCUT2D eigenvalue weighted by Gasteiger charge is -2.64. The summed E-state index contributed by atoms with van der Waals surface area (Å²) in [5.74, 6) is -1.90. The van der Waals surface area contributed by atoms with E-state index in [4.69, 9.17) is 9.31 Å². The van der Waals surface area contributed by atoms with Crippen LogP contribution in [0.15, 0.2) is 64.8 Å². The minimum Gasteiger partial charge on any atom is -0.404 e. The number of carbonyl (C=O) groups excluding carboxylic acids is 4.